The van der Waals surface area contributed by atoms with Crippen LogP contribution in [0.2, 0.25) is 0 Å². The topological polar surface area (TPSA) is 95.1 Å². The van der Waals surface area contributed by atoms with Gasteiger partial charge in [0.2, 0.25) is 10.0 Å². The molecule has 19 heavy (non-hydrogen) atoms. The molecule has 1 aromatic heterocycles. The van der Waals surface area contributed by atoms with Crippen LogP contribution in [-0.4, -0.2) is 23.7 Å². The molecule has 0 aliphatic carbocycles. The molecule has 0 aliphatic rings. The minimum Gasteiger partial charge on any atom is -0.392 e. The Hall–Kier alpha value is -1.70. The predicted molar refractivity (Wildman–Crippen MR) is 70.4 cm³/mol. The Kier molecular flexibility index (Phi) is 4.31. The number of aliphatic hydroxyl groups excluding tert-OH is 1. The summed E-state index contributed by atoms with van der Waals surface area (Å²) in [7, 11) is -3.41. The summed E-state index contributed by atoms with van der Waals surface area (Å²) in [6.07, 6.45) is 3.20. The van der Waals surface area contributed by atoms with Gasteiger partial charge in [-0.2, -0.15) is 5.10 Å². The number of nitrogens with one attached hydrogen (secondary N) is 2. The molecule has 102 valence electrons. The van der Waals surface area contributed by atoms with Gasteiger partial charge in [-0.15, -0.1) is 0 Å². The minimum atomic E-state index is -3.41. The Morgan fingerprint density at radius 1 is 1.26 bits per heavy atom. The number of aliphatic hydroxyl groups is 1. The van der Waals surface area contributed by atoms with Crippen molar-refractivity contribution < 1.29 is 13.5 Å². The molecule has 0 radical (unpaired) electrons. The first kappa shape index (κ1) is 13.7. The number of hydrogen-bond acceptors (Lipinski definition) is 4. The number of nitrogens with zero attached hydrogens (tertiary/aromatic N) is 1. The molecule has 0 saturated heterocycles. The SMILES string of the molecule is O=S(=O)(Cc1cccc(CO)c1)NCc1cn[nH]c1. The van der Waals surface area contributed by atoms with Gasteiger partial charge in [-0.3, -0.25) is 5.10 Å². The van der Waals surface area contributed by atoms with Gasteiger partial charge >= 0.3 is 0 Å². The van der Waals surface area contributed by atoms with Crippen LogP contribution < -0.4 is 4.72 Å². The monoisotopic (exact) mass is 281 g/mol. The van der Waals surface area contributed by atoms with Crippen molar-refractivity contribution in [2.24, 2.45) is 0 Å². The van der Waals surface area contributed by atoms with Crippen LogP contribution in [0.1, 0.15) is 16.7 Å². The third kappa shape index (κ3) is 4.16. The number of benzene rings is 1. The van der Waals surface area contributed by atoms with E-state index in [1.165, 1.54) is 0 Å². The second kappa shape index (κ2) is 5.96. The Bertz CT molecular complexity index is 623. The lowest BCUT2D eigenvalue weighted by molar-refractivity contribution is 0.282. The highest BCUT2D eigenvalue weighted by Gasteiger charge is 2.11. The minimum absolute atomic E-state index is 0.101. The number of aromatic amines is 1. The van der Waals surface area contributed by atoms with Gasteiger partial charge in [0, 0.05) is 18.3 Å². The summed E-state index contributed by atoms with van der Waals surface area (Å²) in [6, 6.07) is 6.87. The average Bonchev–Trinajstić information content (AvgIpc) is 2.89. The molecule has 0 bridgehead atoms. The number of H-pyrrole nitrogens is 1. The van der Waals surface area contributed by atoms with E-state index in [9.17, 15) is 8.42 Å². The van der Waals surface area contributed by atoms with Gasteiger partial charge in [-0.1, -0.05) is 24.3 Å². The molecule has 1 heterocycles. The van der Waals surface area contributed by atoms with Crippen LogP contribution in [0, 0.1) is 0 Å². The van der Waals surface area contributed by atoms with Gasteiger partial charge in [0.05, 0.1) is 18.6 Å². The first-order valence-electron chi connectivity index (χ1n) is 5.73. The van der Waals surface area contributed by atoms with Gasteiger partial charge < -0.3 is 5.11 Å². The summed E-state index contributed by atoms with van der Waals surface area (Å²) in [5, 5.41) is 15.4. The lowest BCUT2D eigenvalue weighted by atomic mass is 10.1. The molecule has 0 atom stereocenters. The van der Waals surface area contributed by atoms with Crippen molar-refractivity contribution in [3.05, 3.63) is 53.3 Å². The van der Waals surface area contributed by atoms with Crippen molar-refractivity contribution in [3.63, 3.8) is 0 Å². The Balaban J connectivity index is 2.00. The van der Waals surface area contributed by atoms with E-state index in [4.69, 9.17) is 5.11 Å². The van der Waals surface area contributed by atoms with Crippen LogP contribution >= 0.6 is 0 Å². The maximum atomic E-state index is 11.9. The lowest BCUT2D eigenvalue weighted by Crippen LogP contribution is -2.24. The normalized spacial score (nSPS) is 11.6. The highest BCUT2D eigenvalue weighted by Crippen LogP contribution is 2.09. The molecule has 2 aromatic rings. The maximum absolute atomic E-state index is 11.9. The molecule has 3 N–H and O–H groups in total. The summed E-state index contributed by atoms with van der Waals surface area (Å²) in [5.74, 6) is -0.112. The average molecular weight is 281 g/mol. The molecule has 1 aromatic carbocycles. The standard InChI is InChI=1S/C12H15N3O3S/c16-8-10-2-1-3-11(4-10)9-19(17,18)15-7-12-5-13-14-6-12/h1-6,15-16H,7-9H2,(H,13,14). The third-order valence-corrected chi connectivity index (χ3v) is 3.88. The van der Waals surface area contributed by atoms with Crippen LogP contribution in [-0.2, 0) is 28.9 Å². The Labute approximate surface area is 111 Å². The molecule has 0 spiro atoms. The fourth-order valence-electron chi connectivity index (χ4n) is 1.66. The van der Waals surface area contributed by atoms with E-state index in [0.29, 0.717) is 11.1 Å². The zero-order valence-electron chi connectivity index (χ0n) is 10.2. The largest absolute Gasteiger partial charge is 0.392 e. The van der Waals surface area contributed by atoms with E-state index in [0.717, 1.165) is 5.56 Å². The van der Waals surface area contributed by atoms with Gasteiger partial charge in [0.25, 0.3) is 0 Å². The smallest absolute Gasteiger partial charge is 0.216 e. The van der Waals surface area contributed by atoms with Gasteiger partial charge in [0.1, 0.15) is 0 Å². The molecule has 0 unspecified atom stereocenters. The Morgan fingerprint density at radius 2 is 2.05 bits per heavy atom. The molecular formula is C12H15N3O3S. The maximum Gasteiger partial charge on any atom is 0.216 e. The number of hydrogen-bond donors (Lipinski definition) is 3. The van der Waals surface area contributed by atoms with E-state index in [2.05, 4.69) is 14.9 Å². The van der Waals surface area contributed by atoms with Crippen molar-refractivity contribution in [3.8, 4) is 0 Å². The quantitative estimate of drug-likeness (QED) is 0.719. The highest BCUT2D eigenvalue weighted by molar-refractivity contribution is 7.88. The molecule has 0 saturated carbocycles. The third-order valence-electron chi connectivity index (χ3n) is 2.58. The lowest BCUT2D eigenvalue weighted by Gasteiger charge is -2.06. The van der Waals surface area contributed by atoms with Gasteiger partial charge in [-0.05, 0) is 11.1 Å². The first-order chi connectivity index (χ1) is 9.09. The summed E-state index contributed by atoms with van der Waals surface area (Å²) in [5.41, 5.74) is 2.11. The second-order valence-corrected chi connectivity index (χ2v) is 5.97. The molecular weight excluding hydrogens is 266 g/mol. The second-order valence-electron chi connectivity index (χ2n) is 4.16. The van der Waals surface area contributed by atoms with Crippen LogP contribution in [0.5, 0.6) is 0 Å². The van der Waals surface area contributed by atoms with E-state index >= 15 is 0 Å². The zero-order valence-corrected chi connectivity index (χ0v) is 11.0. The molecule has 6 nitrogen and oxygen atoms in total. The zero-order chi connectivity index (χ0) is 13.7. The van der Waals surface area contributed by atoms with Crippen molar-refractivity contribution in [2.75, 3.05) is 0 Å². The van der Waals surface area contributed by atoms with E-state index < -0.39 is 10.0 Å². The van der Waals surface area contributed by atoms with Crippen LogP contribution in [0.4, 0.5) is 0 Å². The summed E-state index contributed by atoms with van der Waals surface area (Å²) < 4.78 is 26.3. The molecule has 0 aliphatic heterocycles. The van der Waals surface area contributed by atoms with Crippen molar-refractivity contribution in [2.45, 2.75) is 18.9 Å². The fourth-order valence-corrected chi connectivity index (χ4v) is 2.76. The summed E-state index contributed by atoms with van der Waals surface area (Å²) in [6.45, 7) is 0.106. The summed E-state index contributed by atoms with van der Waals surface area (Å²) >= 11 is 0. The van der Waals surface area contributed by atoms with Crippen molar-refractivity contribution in [1.82, 2.24) is 14.9 Å². The number of sulfonamides is 1. The van der Waals surface area contributed by atoms with Gasteiger partial charge in [0.15, 0.2) is 0 Å². The highest BCUT2D eigenvalue weighted by atomic mass is 32.2. The van der Waals surface area contributed by atoms with Crippen LogP contribution in [0.15, 0.2) is 36.7 Å². The van der Waals surface area contributed by atoms with Gasteiger partial charge in [-0.25, -0.2) is 13.1 Å². The fraction of sp³-hybridized carbons (Fsp3) is 0.250. The first-order valence-corrected chi connectivity index (χ1v) is 7.38. The van der Waals surface area contributed by atoms with E-state index in [1.54, 1.807) is 36.7 Å². The van der Waals surface area contributed by atoms with Crippen molar-refractivity contribution >= 4 is 10.0 Å². The van der Waals surface area contributed by atoms with Crippen LogP contribution in [0.3, 0.4) is 0 Å². The number of rotatable bonds is 6. The number of aromatic nitrogens is 2. The molecule has 0 amide bonds. The predicted octanol–water partition coefficient (Wildman–Crippen LogP) is 0.522. The molecule has 0 fully saturated rings. The molecule has 7 heteroatoms. The molecule has 2 rings (SSSR count). The Morgan fingerprint density at radius 3 is 2.74 bits per heavy atom. The van der Waals surface area contributed by atoms with E-state index in [-0.39, 0.29) is 18.9 Å². The van der Waals surface area contributed by atoms with Crippen molar-refractivity contribution in [1.29, 1.82) is 0 Å². The van der Waals surface area contributed by atoms with Crippen LogP contribution in [0.25, 0.3) is 0 Å². The summed E-state index contributed by atoms with van der Waals surface area (Å²) in [4.78, 5) is 0. The van der Waals surface area contributed by atoms with E-state index in [1.807, 2.05) is 0 Å².